The molecule has 1 saturated heterocycles. The number of imidazole rings is 1. The van der Waals surface area contributed by atoms with Gasteiger partial charge in [0.25, 0.3) is 0 Å². The van der Waals surface area contributed by atoms with Gasteiger partial charge in [0.1, 0.15) is 5.82 Å². The van der Waals surface area contributed by atoms with Gasteiger partial charge in [-0.3, -0.25) is 0 Å². The molecule has 0 amide bonds. The maximum absolute atomic E-state index is 5.85. The topological polar surface area (TPSA) is 39.1 Å². The average molecular weight is 251 g/mol. The fourth-order valence-electron chi connectivity index (χ4n) is 2.68. The fraction of sp³-hybridized carbons (Fsp3) is 0.786. The van der Waals surface area contributed by atoms with Crippen molar-refractivity contribution in [2.45, 2.75) is 58.2 Å². The predicted octanol–water partition coefficient (Wildman–Crippen LogP) is 2.51. The largest absolute Gasteiger partial charge is 0.378 e. The molecule has 0 aromatic carbocycles. The average Bonchev–Trinajstić information content (AvgIpc) is 2.87. The molecule has 4 heteroatoms. The molecule has 2 rings (SSSR count). The van der Waals surface area contributed by atoms with Gasteiger partial charge in [-0.2, -0.15) is 0 Å². The highest BCUT2D eigenvalue weighted by molar-refractivity contribution is 5.00. The zero-order valence-corrected chi connectivity index (χ0v) is 11.6. The van der Waals surface area contributed by atoms with E-state index in [2.05, 4.69) is 34.9 Å². The molecule has 2 atom stereocenters. The molecule has 0 aliphatic carbocycles. The molecular weight excluding hydrogens is 226 g/mol. The minimum atomic E-state index is 0.313. The van der Waals surface area contributed by atoms with Crippen molar-refractivity contribution >= 4 is 0 Å². The van der Waals surface area contributed by atoms with E-state index in [9.17, 15) is 0 Å². The minimum Gasteiger partial charge on any atom is -0.378 e. The van der Waals surface area contributed by atoms with E-state index < -0.39 is 0 Å². The van der Waals surface area contributed by atoms with Gasteiger partial charge < -0.3 is 14.6 Å². The normalized spacial score (nSPS) is 22.0. The van der Waals surface area contributed by atoms with Crippen LogP contribution in [0.15, 0.2) is 12.4 Å². The number of aromatic nitrogens is 2. The third-order valence-corrected chi connectivity index (χ3v) is 3.62. The Kier molecular flexibility index (Phi) is 5.20. The van der Waals surface area contributed by atoms with E-state index >= 15 is 0 Å². The van der Waals surface area contributed by atoms with E-state index in [4.69, 9.17) is 4.74 Å². The van der Waals surface area contributed by atoms with E-state index in [-0.39, 0.29) is 0 Å². The molecule has 102 valence electrons. The molecule has 0 bridgehead atoms. The first-order chi connectivity index (χ1) is 8.85. The Labute approximate surface area is 110 Å². The second-order valence-electron chi connectivity index (χ2n) is 4.91. The van der Waals surface area contributed by atoms with Crippen LogP contribution in [0.4, 0.5) is 0 Å². The van der Waals surface area contributed by atoms with Crippen molar-refractivity contribution in [3.8, 4) is 0 Å². The van der Waals surface area contributed by atoms with Crippen LogP contribution in [-0.4, -0.2) is 28.8 Å². The lowest BCUT2D eigenvalue weighted by molar-refractivity contribution is 0.00441. The molecule has 1 N–H and O–H groups in total. The molecular formula is C14H25N3O. The van der Waals surface area contributed by atoms with Crippen LogP contribution in [0.2, 0.25) is 0 Å². The first-order valence-corrected chi connectivity index (χ1v) is 7.21. The van der Waals surface area contributed by atoms with Crippen molar-refractivity contribution < 1.29 is 4.74 Å². The number of nitrogens with one attached hydrogen (secondary N) is 1. The molecule has 2 unspecified atom stereocenters. The first-order valence-electron chi connectivity index (χ1n) is 7.21. The van der Waals surface area contributed by atoms with Gasteiger partial charge in [-0.1, -0.05) is 6.92 Å². The summed E-state index contributed by atoms with van der Waals surface area (Å²) in [5.74, 6) is 1.15. The number of rotatable bonds is 6. The third kappa shape index (κ3) is 3.33. The zero-order valence-electron chi connectivity index (χ0n) is 11.6. The second-order valence-corrected chi connectivity index (χ2v) is 4.91. The SMILES string of the molecule is CCNC(CC1CCCCO1)c1nccn1CC. The summed E-state index contributed by atoms with van der Waals surface area (Å²) in [5, 5.41) is 3.54. The van der Waals surface area contributed by atoms with Crippen molar-refractivity contribution in [2.24, 2.45) is 0 Å². The van der Waals surface area contributed by atoms with Crippen LogP contribution in [0.5, 0.6) is 0 Å². The molecule has 0 radical (unpaired) electrons. The lowest BCUT2D eigenvalue weighted by atomic mass is 10.0. The Balaban J connectivity index is 2.02. The van der Waals surface area contributed by atoms with Crippen LogP contribution in [-0.2, 0) is 11.3 Å². The summed E-state index contributed by atoms with van der Waals surface area (Å²) in [4.78, 5) is 4.52. The van der Waals surface area contributed by atoms with E-state index in [0.717, 1.165) is 31.9 Å². The lowest BCUT2D eigenvalue weighted by Gasteiger charge is -2.27. The molecule has 1 aliphatic heterocycles. The number of ether oxygens (including phenoxy) is 1. The molecule has 1 fully saturated rings. The smallest absolute Gasteiger partial charge is 0.125 e. The maximum Gasteiger partial charge on any atom is 0.125 e. The summed E-state index contributed by atoms with van der Waals surface area (Å²) < 4.78 is 8.07. The van der Waals surface area contributed by atoms with Gasteiger partial charge in [-0.25, -0.2) is 4.98 Å². The van der Waals surface area contributed by atoms with Crippen molar-refractivity contribution in [1.29, 1.82) is 0 Å². The lowest BCUT2D eigenvalue weighted by Crippen LogP contribution is -2.30. The summed E-state index contributed by atoms with van der Waals surface area (Å²) in [5.41, 5.74) is 0. The standard InChI is InChI=1S/C14H25N3O/c1-3-15-13(11-12-7-5-6-10-18-12)14-16-8-9-17(14)4-2/h8-9,12-13,15H,3-7,10-11H2,1-2H3. The van der Waals surface area contributed by atoms with Gasteiger partial charge in [0, 0.05) is 25.5 Å². The quantitative estimate of drug-likeness (QED) is 0.844. The number of aryl methyl sites for hydroxylation is 1. The molecule has 1 aromatic heterocycles. The first kappa shape index (κ1) is 13.6. The number of hydrogen-bond acceptors (Lipinski definition) is 3. The molecule has 18 heavy (non-hydrogen) atoms. The van der Waals surface area contributed by atoms with Crippen LogP contribution < -0.4 is 5.32 Å². The van der Waals surface area contributed by atoms with Crippen LogP contribution in [0.1, 0.15) is 51.4 Å². The van der Waals surface area contributed by atoms with Crippen LogP contribution in [0.3, 0.4) is 0 Å². The summed E-state index contributed by atoms with van der Waals surface area (Å²) in [6.07, 6.45) is 9.08. The maximum atomic E-state index is 5.85. The Morgan fingerprint density at radius 3 is 3.06 bits per heavy atom. The highest BCUT2D eigenvalue weighted by Crippen LogP contribution is 2.24. The summed E-state index contributed by atoms with van der Waals surface area (Å²) in [7, 11) is 0. The number of hydrogen-bond donors (Lipinski definition) is 1. The van der Waals surface area contributed by atoms with Crippen molar-refractivity contribution in [1.82, 2.24) is 14.9 Å². The zero-order chi connectivity index (χ0) is 12.8. The monoisotopic (exact) mass is 251 g/mol. The molecule has 1 aromatic rings. The predicted molar refractivity (Wildman–Crippen MR) is 72.5 cm³/mol. The van der Waals surface area contributed by atoms with Crippen LogP contribution in [0.25, 0.3) is 0 Å². The van der Waals surface area contributed by atoms with Gasteiger partial charge in [0.05, 0.1) is 12.1 Å². The third-order valence-electron chi connectivity index (χ3n) is 3.62. The summed E-state index contributed by atoms with van der Waals surface area (Å²) in [6.45, 7) is 7.17. The van der Waals surface area contributed by atoms with Crippen LogP contribution >= 0.6 is 0 Å². The van der Waals surface area contributed by atoms with Gasteiger partial charge in [-0.15, -0.1) is 0 Å². The van der Waals surface area contributed by atoms with Crippen molar-refractivity contribution in [3.63, 3.8) is 0 Å². The van der Waals surface area contributed by atoms with Crippen LogP contribution in [0, 0.1) is 0 Å². The Hall–Kier alpha value is -0.870. The number of nitrogens with zero attached hydrogens (tertiary/aromatic N) is 2. The van der Waals surface area contributed by atoms with Gasteiger partial charge in [0.15, 0.2) is 0 Å². The highest BCUT2D eigenvalue weighted by atomic mass is 16.5. The fourth-order valence-corrected chi connectivity index (χ4v) is 2.68. The summed E-state index contributed by atoms with van der Waals surface area (Å²) in [6, 6.07) is 0.313. The minimum absolute atomic E-state index is 0.313. The molecule has 2 heterocycles. The van der Waals surface area contributed by atoms with E-state index in [1.165, 1.54) is 19.3 Å². The highest BCUT2D eigenvalue weighted by Gasteiger charge is 2.22. The van der Waals surface area contributed by atoms with Gasteiger partial charge in [-0.05, 0) is 39.2 Å². The van der Waals surface area contributed by atoms with Crippen molar-refractivity contribution in [3.05, 3.63) is 18.2 Å². The summed E-state index contributed by atoms with van der Waals surface area (Å²) >= 11 is 0. The Morgan fingerprint density at radius 2 is 2.39 bits per heavy atom. The Morgan fingerprint density at radius 1 is 1.50 bits per heavy atom. The van der Waals surface area contributed by atoms with E-state index in [0.29, 0.717) is 12.1 Å². The molecule has 4 nitrogen and oxygen atoms in total. The van der Waals surface area contributed by atoms with Crippen molar-refractivity contribution in [2.75, 3.05) is 13.2 Å². The Bertz CT molecular complexity index is 345. The molecule has 0 spiro atoms. The van der Waals surface area contributed by atoms with E-state index in [1.807, 2.05) is 6.20 Å². The molecule has 1 aliphatic rings. The van der Waals surface area contributed by atoms with Gasteiger partial charge >= 0.3 is 0 Å². The van der Waals surface area contributed by atoms with Gasteiger partial charge in [0.2, 0.25) is 0 Å². The van der Waals surface area contributed by atoms with E-state index in [1.54, 1.807) is 0 Å². The second kappa shape index (κ2) is 6.90. The molecule has 0 saturated carbocycles.